The maximum absolute atomic E-state index is 11.8. The number of likely N-dealkylation sites (tertiary alicyclic amines) is 1. The summed E-state index contributed by atoms with van der Waals surface area (Å²) in [5, 5.41) is 8.35. The molecular formula is C29H36N4O3S. The Morgan fingerprint density at radius 3 is 2.54 bits per heavy atom. The molecule has 7 nitrogen and oxygen atoms in total. The fraction of sp³-hybridized carbons (Fsp3) is 0.448. The lowest BCUT2D eigenvalue weighted by Gasteiger charge is -2.30. The Balaban J connectivity index is 1.36. The van der Waals surface area contributed by atoms with Crippen LogP contribution in [0.15, 0.2) is 47.5 Å². The quantitative estimate of drug-likeness (QED) is 0.428. The molecule has 1 aliphatic heterocycles. The summed E-state index contributed by atoms with van der Waals surface area (Å²) in [6.45, 7) is 3.71. The van der Waals surface area contributed by atoms with Gasteiger partial charge in [0.1, 0.15) is 5.75 Å². The van der Waals surface area contributed by atoms with Crippen molar-refractivity contribution in [3.8, 4) is 17.6 Å². The summed E-state index contributed by atoms with van der Waals surface area (Å²) >= 11 is 0. The topological polar surface area (TPSA) is 75.6 Å². The molecule has 0 unspecified atom stereocenters. The Hall–Kier alpha value is -3.15. The molecular weight excluding hydrogens is 484 g/mol. The van der Waals surface area contributed by atoms with Crippen molar-refractivity contribution in [2.24, 2.45) is 5.92 Å². The van der Waals surface area contributed by atoms with Crippen LogP contribution in [-0.2, 0) is 16.4 Å². The highest BCUT2D eigenvalue weighted by Crippen LogP contribution is 2.34. The van der Waals surface area contributed by atoms with E-state index in [9.17, 15) is 8.42 Å². The van der Waals surface area contributed by atoms with Crippen LogP contribution in [0.5, 0.6) is 5.75 Å². The number of fused-ring (bicyclic) bond motifs is 1. The highest BCUT2D eigenvalue weighted by Gasteiger charge is 2.23. The molecule has 0 radical (unpaired) electrons. The Bertz CT molecular complexity index is 1440. The van der Waals surface area contributed by atoms with Crippen LogP contribution < -0.4 is 15.4 Å². The first-order chi connectivity index (χ1) is 17.8. The average molecular weight is 521 g/mol. The van der Waals surface area contributed by atoms with Crippen LogP contribution in [0.25, 0.3) is 10.9 Å². The van der Waals surface area contributed by atoms with E-state index in [1.54, 1.807) is 12.1 Å². The second-order valence-electron chi connectivity index (χ2n) is 10.4. The van der Waals surface area contributed by atoms with Crippen molar-refractivity contribution in [3.63, 3.8) is 0 Å². The highest BCUT2D eigenvalue weighted by molar-refractivity contribution is 7.90. The zero-order chi connectivity index (χ0) is 26.0. The Morgan fingerprint density at radius 2 is 1.84 bits per heavy atom. The van der Waals surface area contributed by atoms with Gasteiger partial charge in [0.25, 0.3) is 0 Å². The molecule has 1 saturated carbocycles. The normalized spacial score (nSPS) is 16.8. The number of hydrogen-bond donors (Lipinski definition) is 2. The fourth-order valence-electron chi connectivity index (χ4n) is 4.93. The summed E-state index contributed by atoms with van der Waals surface area (Å²) in [4.78, 5) is 2.62. The summed E-state index contributed by atoms with van der Waals surface area (Å²) < 4.78 is 31.5. The molecule has 2 heterocycles. The summed E-state index contributed by atoms with van der Waals surface area (Å²) in [6, 6.07) is 11.9. The van der Waals surface area contributed by atoms with Gasteiger partial charge in [-0.05, 0) is 82.1 Å². The van der Waals surface area contributed by atoms with Crippen LogP contribution in [0.2, 0.25) is 0 Å². The molecule has 196 valence electrons. The van der Waals surface area contributed by atoms with Gasteiger partial charge in [-0.2, -0.15) is 0 Å². The molecule has 5 rings (SSSR count). The predicted octanol–water partition coefficient (Wildman–Crippen LogP) is 4.43. The Labute approximate surface area is 220 Å². The molecule has 8 heteroatoms. The minimum Gasteiger partial charge on any atom is -0.495 e. The molecule has 2 aliphatic rings. The maximum atomic E-state index is 11.8. The van der Waals surface area contributed by atoms with Gasteiger partial charge in [-0.25, -0.2) is 8.42 Å². The summed E-state index contributed by atoms with van der Waals surface area (Å²) in [7, 11) is 0.420. The number of nitrogens with one attached hydrogen (secondary N) is 2. The van der Waals surface area contributed by atoms with Gasteiger partial charge in [0.2, 0.25) is 0 Å². The third kappa shape index (κ3) is 6.23. The smallest absolute Gasteiger partial charge is 0.175 e. The van der Waals surface area contributed by atoms with Crippen molar-refractivity contribution in [2.75, 3.05) is 50.7 Å². The van der Waals surface area contributed by atoms with Crippen LogP contribution >= 0.6 is 0 Å². The summed E-state index contributed by atoms with van der Waals surface area (Å²) in [5.41, 5.74) is 4.10. The molecule has 0 atom stereocenters. The van der Waals surface area contributed by atoms with Crippen molar-refractivity contribution in [3.05, 3.63) is 48.2 Å². The first kappa shape index (κ1) is 25.5. The second-order valence-corrected chi connectivity index (χ2v) is 12.4. The summed E-state index contributed by atoms with van der Waals surface area (Å²) in [6.07, 6.45) is 8.32. The number of sulfone groups is 1. The van der Waals surface area contributed by atoms with Gasteiger partial charge in [-0.15, -0.1) is 0 Å². The molecule has 1 aromatic heterocycles. The lowest BCUT2D eigenvalue weighted by Crippen LogP contribution is -2.36. The van der Waals surface area contributed by atoms with Crippen molar-refractivity contribution in [1.82, 2.24) is 9.47 Å². The van der Waals surface area contributed by atoms with Crippen LogP contribution in [0.3, 0.4) is 0 Å². The third-order valence-corrected chi connectivity index (χ3v) is 8.43. The standard InChI is InChI=1S/C29H36N4O3S/c1-32-14-10-23(11-15-32)31-27-17-22(18-28-25(27)12-16-33(28)20-21-6-7-21)5-4-13-30-26-9-8-24(37(3,34)35)19-29(26)36-2/h8-9,12,16-19,21,23,30-31H,6-7,10-11,13-15,20H2,1-3H3. The van der Waals surface area contributed by atoms with Gasteiger partial charge in [0.05, 0.1) is 29.8 Å². The van der Waals surface area contributed by atoms with Gasteiger partial charge in [-0.3, -0.25) is 0 Å². The van der Waals surface area contributed by atoms with Gasteiger partial charge in [-0.1, -0.05) is 11.8 Å². The van der Waals surface area contributed by atoms with Crippen molar-refractivity contribution in [1.29, 1.82) is 0 Å². The number of nitrogens with zero attached hydrogens (tertiary/aromatic N) is 2. The number of ether oxygens (including phenoxy) is 1. The van der Waals surface area contributed by atoms with Crippen molar-refractivity contribution in [2.45, 2.75) is 43.2 Å². The van der Waals surface area contributed by atoms with E-state index in [4.69, 9.17) is 4.74 Å². The number of methoxy groups -OCH3 is 1. The maximum Gasteiger partial charge on any atom is 0.175 e. The second kappa shape index (κ2) is 10.7. The van der Waals surface area contributed by atoms with E-state index in [0.717, 1.165) is 49.6 Å². The van der Waals surface area contributed by atoms with E-state index in [2.05, 4.69) is 63.4 Å². The molecule has 2 N–H and O–H groups in total. The van der Waals surface area contributed by atoms with Gasteiger partial charge in [0.15, 0.2) is 9.84 Å². The number of rotatable bonds is 8. The molecule has 1 saturated heterocycles. The molecule has 0 amide bonds. The number of hydrogen-bond acceptors (Lipinski definition) is 6. The van der Waals surface area contributed by atoms with Gasteiger partial charge >= 0.3 is 0 Å². The van der Waals surface area contributed by atoms with Crippen LogP contribution in [0.1, 0.15) is 31.2 Å². The monoisotopic (exact) mass is 520 g/mol. The van der Waals surface area contributed by atoms with E-state index in [1.165, 1.54) is 43.2 Å². The van der Waals surface area contributed by atoms with Crippen LogP contribution in [0, 0.1) is 17.8 Å². The molecule has 3 aromatic rings. The largest absolute Gasteiger partial charge is 0.495 e. The van der Waals surface area contributed by atoms with Gasteiger partial charge < -0.3 is 24.8 Å². The molecule has 2 aromatic carbocycles. The lowest BCUT2D eigenvalue weighted by molar-refractivity contribution is 0.264. The SMILES string of the molecule is COc1cc(S(C)(=O)=O)ccc1NCC#Cc1cc(NC2CCN(C)CC2)c2ccn(CC3CC3)c2c1. The molecule has 0 bridgehead atoms. The average Bonchev–Trinajstić information content (AvgIpc) is 3.61. The van der Waals surface area contributed by atoms with Crippen molar-refractivity contribution < 1.29 is 13.2 Å². The molecule has 37 heavy (non-hydrogen) atoms. The van der Waals surface area contributed by atoms with Crippen LogP contribution in [-0.4, -0.2) is 64.0 Å². The van der Waals surface area contributed by atoms with E-state index in [-0.39, 0.29) is 4.90 Å². The highest BCUT2D eigenvalue weighted by atomic mass is 32.2. The van der Waals surface area contributed by atoms with E-state index in [1.807, 2.05) is 0 Å². The first-order valence-corrected chi connectivity index (χ1v) is 14.9. The number of benzene rings is 2. The van der Waals surface area contributed by atoms with Crippen LogP contribution in [0.4, 0.5) is 11.4 Å². The minimum absolute atomic E-state index is 0.230. The number of anilines is 2. The molecule has 1 aliphatic carbocycles. The molecule has 2 fully saturated rings. The Kier molecular flexibility index (Phi) is 7.36. The number of aromatic nitrogens is 1. The Morgan fingerprint density at radius 1 is 1.05 bits per heavy atom. The lowest BCUT2D eigenvalue weighted by atomic mass is 10.0. The predicted molar refractivity (Wildman–Crippen MR) is 150 cm³/mol. The molecule has 0 spiro atoms. The summed E-state index contributed by atoms with van der Waals surface area (Å²) in [5.74, 6) is 7.85. The number of piperidine rings is 1. The third-order valence-electron chi connectivity index (χ3n) is 7.32. The minimum atomic E-state index is -3.30. The van der Waals surface area contributed by atoms with E-state index in [0.29, 0.717) is 24.0 Å². The van der Waals surface area contributed by atoms with E-state index >= 15 is 0 Å². The first-order valence-electron chi connectivity index (χ1n) is 13.0. The zero-order valence-electron chi connectivity index (χ0n) is 21.9. The van der Waals surface area contributed by atoms with Crippen molar-refractivity contribution >= 4 is 32.1 Å². The fourth-order valence-corrected chi connectivity index (χ4v) is 5.57. The van der Waals surface area contributed by atoms with Gasteiger partial charge in [0, 0.05) is 47.7 Å². The zero-order valence-corrected chi connectivity index (χ0v) is 22.7. The van der Waals surface area contributed by atoms with E-state index < -0.39 is 9.84 Å².